The maximum Gasteiger partial charge on any atom is 0.325 e. The predicted octanol–water partition coefficient (Wildman–Crippen LogP) is 3.91. The molecule has 0 aliphatic carbocycles. The number of benzene rings is 2. The molecular weight excluding hydrogens is 370 g/mol. The minimum Gasteiger partial charge on any atom is -0.325 e. The van der Waals surface area contributed by atoms with Gasteiger partial charge in [-0.05, 0) is 24.3 Å². The van der Waals surface area contributed by atoms with Crippen LogP contribution >= 0.6 is 23.1 Å². The molecule has 0 saturated carbocycles. The molecule has 0 aliphatic rings. The summed E-state index contributed by atoms with van der Waals surface area (Å²) in [6, 6.07) is 17.9. The van der Waals surface area contributed by atoms with Crippen LogP contribution in [0.1, 0.15) is 0 Å². The molecule has 2 aromatic carbocycles. The van der Waals surface area contributed by atoms with E-state index in [-0.39, 0.29) is 11.7 Å². The van der Waals surface area contributed by atoms with Crippen LogP contribution in [0.15, 0.2) is 65.0 Å². The van der Waals surface area contributed by atoms with Gasteiger partial charge in [-0.25, -0.2) is 4.79 Å². The zero-order valence-electron chi connectivity index (χ0n) is 13.5. The van der Waals surface area contributed by atoms with Crippen LogP contribution in [-0.4, -0.2) is 27.9 Å². The van der Waals surface area contributed by atoms with Crippen molar-refractivity contribution < 1.29 is 9.59 Å². The maximum atomic E-state index is 11.9. The van der Waals surface area contributed by atoms with Gasteiger partial charge in [0, 0.05) is 11.4 Å². The Morgan fingerprint density at radius 3 is 2.12 bits per heavy atom. The Bertz CT molecular complexity index is 871. The predicted molar refractivity (Wildman–Crippen MR) is 105 cm³/mol. The molecule has 0 atom stereocenters. The van der Waals surface area contributed by atoms with Gasteiger partial charge in [-0.1, -0.05) is 59.5 Å². The van der Waals surface area contributed by atoms with Crippen LogP contribution in [0.4, 0.5) is 21.3 Å². The first-order valence-corrected chi connectivity index (χ1v) is 9.43. The molecule has 132 valence electrons. The van der Waals surface area contributed by atoms with Gasteiger partial charge in [0.1, 0.15) is 0 Å². The van der Waals surface area contributed by atoms with Gasteiger partial charge in [0.15, 0.2) is 4.34 Å². The fourth-order valence-corrected chi connectivity index (χ4v) is 3.49. The highest BCUT2D eigenvalue weighted by molar-refractivity contribution is 8.01. The maximum absolute atomic E-state index is 11.9. The molecule has 3 amide bonds. The Morgan fingerprint density at radius 1 is 0.846 bits per heavy atom. The minimum atomic E-state index is -0.397. The lowest BCUT2D eigenvalue weighted by Gasteiger charge is -2.04. The van der Waals surface area contributed by atoms with Crippen LogP contribution in [0.3, 0.4) is 0 Å². The van der Waals surface area contributed by atoms with Crippen LogP contribution in [0, 0.1) is 0 Å². The van der Waals surface area contributed by atoms with Crippen molar-refractivity contribution in [3.63, 3.8) is 0 Å². The summed E-state index contributed by atoms with van der Waals surface area (Å²) in [5.74, 6) is 0.0763. The van der Waals surface area contributed by atoms with E-state index in [1.807, 2.05) is 48.5 Å². The lowest BCUT2D eigenvalue weighted by atomic mass is 10.3. The Balaban J connectivity index is 1.45. The summed E-state index contributed by atoms with van der Waals surface area (Å²) in [6.45, 7) is 0. The fraction of sp³-hybridized carbons (Fsp3) is 0.0588. The Labute approximate surface area is 158 Å². The Hall–Kier alpha value is -2.91. The molecule has 26 heavy (non-hydrogen) atoms. The number of nitrogens with zero attached hydrogens (tertiary/aromatic N) is 2. The normalized spacial score (nSPS) is 10.2. The second kappa shape index (κ2) is 8.97. The number of carbonyl (C=O) groups excluding carboxylic acids is 2. The topological polar surface area (TPSA) is 96.0 Å². The highest BCUT2D eigenvalue weighted by Crippen LogP contribution is 2.25. The van der Waals surface area contributed by atoms with Crippen molar-refractivity contribution in [3.8, 4) is 0 Å². The van der Waals surface area contributed by atoms with Gasteiger partial charge in [-0.15, -0.1) is 10.2 Å². The van der Waals surface area contributed by atoms with Crippen molar-refractivity contribution in [1.29, 1.82) is 0 Å². The van der Waals surface area contributed by atoms with Gasteiger partial charge in [0.25, 0.3) is 0 Å². The van der Waals surface area contributed by atoms with Crippen LogP contribution in [0.25, 0.3) is 0 Å². The molecule has 0 aliphatic heterocycles. The molecule has 0 bridgehead atoms. The number of aromatic nitrogens is 2. The molecule has 0 radical (unpaired) electrons. The Kier molecular flexibility index (Phi) is 6.18. The SMILES string of the molecule is O=C(CSc1nnc(NC(=O)Nc2ccccc2)s1)Nc1ccccc1. The number of rotatable bonds is 6. The third kappa shape index (κ3) is 5.57. The van der Waals surface area contributed by atoms with E-state index in [1.54, 1.807) is 12.1 Å². The van der Waals surface area contributed by atoms with Crippen LogP contribution < -0.4 is 16.0 Å². The first-order chi connectivity index (χ1) is 12.7. The summed E-state index contributed by atoms with van der Waals surface area (Å²) in [7, 11) is 0. The van der Waals surface area contributed by atoms with Gasteiger partial charge < -0.3 is 10.6 Å². The van der Waals surface area contributed by atoms with Gasteiger partial charge in [-0.3, -0.25) is 10.1 Å². The van der Waals surface area contributed by atoms with Crippen molar-refractivity contribution in [3.05, 3.63) is 60.7 Å². The smallest absolute Gasteiger partial charge is 0.325 e. The summed E-state index contributed by atoms with van der Waals surface area (Å²) < 4.78 is 0.600. The largest absolute Gasteiger partial charge is 0.325 e. The van der Waals surface area contributed by atoms with E-state index in [0.717, 1.165) is 5.69 Å². The molecule has 3 aromatic rings. The minimum absolute atomic E-state index is 0.132. The summed E-state index contributed by atoms with van der Waals surface area (Å²) in [5.41, 5.74) is 1.43. The molecule has 0 unspecified atom stereocenters. The van der Waals surface area contributed by atoms with E-state index >= 15 is 0 Å². The van der Waals surface area contributed by atoms with Crippen LogP contribution in [0.2, 0.25) is 0 Å². The number of amides is 3. The lowest BCUT2D eigenvalue weighted by Crippen LogP contribution is -2.19. The first-order valence-electron chi connectivity index (χ1n) is 7.63. The number of urea groups is 1. The molecule has 0 spiro atoms. The second-order valence-corrected chi connectivity index (χ2v) is 7.22. The zero-order chi connectivity index (χ0) is 18.2. The molecule has 1 heterocycles. The molecule has 3 N–H and O–H groups in total. The number of hydrogen-bond acceptors (Lipinski definition) is 6. The summed E-state index contributed by atoms with van der Waals surface area (Å²) >= 11 is 2.47. The summed E-state index contributed by atoms with van der Waals surface area (Å²) in [5, 5.41) is 16.3. The first kappa shape index (κ1) is 17.9. The molecule has 7 nitrogen and oxygen atoms in total. The quantitative estimate of drug-likeness (QED) is 0.442. The van der Waals surface area contributed by atoms with Crippen molar-refractivity contribution in [2.75, 3.05) is 21.7 Å². The van der Waals surface area contributed by atoms with Crippen molar-refractivity contribution in [1.82, 2.24) is 10.2 Å². The number of nitrogens with one attached hydrogen (secondary N) is 3. The summed E-state index contributed by atoms with van der Waals surface area (Å²) in [6.07, 6.45) is 0. The van der Waals surface area contributed by atoms with E-state index < -0.39 is 6.03 Å². The summed E-state index contributed by atoms with van der Waals surface area (Å²) in [4.78, 5) is 23.8. The average Bonchev–Trinajstić information content (AvgIpc) is 3.09. The molecule has 0 saturated heterocycles. The number of thioether (sulfide) groups is 1. The van der Waals surface area contributed by atoms with E-state index in [9.17, 15) is 9.59 Å². The number of anilines is 3. The fourth-order valence-electron chi connectivity index (χ4n) is 1.95. The van der Waals surface area contributed by atoms with Gasteiger partial charge in [-0.2, -0.15) is 0 Å². The van der Waals surface area contributed by atoms with Crippen molar-refractivity contribution in [2.24, 2.45) is 0 Å². The number of para-hydroxylation sites is 2. The van der Waals surface area contributed by atoms with Crippen LogP contribution in [-0.2, 0) is 4.79 Å². The third-order valence-corrected chi connectivity index (χ3v) is 5.01. The molecule has 1 aromatic heterocycles. The second-order valence-electron chi connectivity index (χ2n) is 5.02. The standard InChI is InChI=1S/C17H15N5O2S2/c23-14(18-12-7-3-1-4-8-12)11-25-17-22-21-16(26-17)20-15(24)19-13-9-5-2-6-10-13/h1-10H,11H2,(H,18,23)(H2,19,20,21,24). The molecular formula is C17H15N5O2S2. The van der Waals surface area contributed by atoms with Gasteiger partial charge >= 0.3 is 6.03 Å². The molecule has 3 rings (SSSR count). The van der Waals surface area contributed by atoms with Crippen molar-refractivity contribution in [2.45, 2.75) is 4.34 Å². The van der Waals surface area contributed by atoms with E-state index in [2.05, 4.69) is 26.1 Å². The average molecular weight is 385 g/mol. The zero-order valence-corrected chi connectivity index (χ0v) is 15.1. The molecule has 9 heteroatoms. The highest BCUT2D eigenvalue weighted by atomic mass is 32.2. The lowest BCUT2D eigenvalue weighted by molar-refractivity contribution is -0.113. The van der Waals surface area contributed by atoms with Gasteiger partial charge in [0.05, 0.1) is 5.75 Å². The van der Waals surface area contributed by atoms with E-state index in [0.29, 0.717) is 15.2 Å². The van der Waals surface area contributed by atoms with Crippen molar-refractivity contribution >= 4 is 51.5 Å². The third-order valence-electron chi connectivity index (χ3n) is 3.04. The molecule has 0 fully saturated rings. The van der Waals surface area contributed by atoms with E-state index in [1.165, 1.54) is 23.1 Å². The number of carbonyl (C=O) groups is 2. The van der Waals surface area contributed by atoms with Crippen LogP contribution in [0.5, 0.6) is 0 Å². The van der Waals surface area contributed by atoms with Gasteiger partial charge in [0.2, 0.25) is 11.0 Å². The highest BCUT2D eigenvalue weighted by Gasteiger charge is 2.10. The number of hydrogen-bond donors (Lipinski definition) is 3. The Morgan fingerprint density at radius 2 is 1.46 bits per heavy atom. The monoisotopic (exact) mass is 385 g/mol. The van der Waals surface area contributed by atoms with E-state index in [4.69, 9.17) is 0 Å².